The first-order chi connectivity index (χ1) is 14.6. The molecule has 164 valence electrons. The molecule has 3 aliphatic rings. The zero-order valence-corrected chi connectivity index (χ0v) is 16.5. The van der Waals surface area contributed by atoms with Gasteiger partial charge in [-0.2, -0.15) is 0 Å². The number of carboxylic acid groups (broad SMARTS) is 1. The molecular formula is C20H21N3O8. The SMILES string of the molecule is O=C(O)CCCC(CN1C(=O)C=CC1=O)(CN1C(=O)C=CC1=O)CN1C(=O)C=CC1O. The number of aliphatic hydroxyl groups excluding tert-OH is 1. The number of carbonyl (C=O) groups is 6. The van der Waals surface area contributed by atoms with E-state index in [1.165, 1.54) is 6.08 Å². The van der Waals surface area contributed by atoms with Gasteiger partial charge in [-0.1, -0.05) is 0 Å². The third-order valence-electron chi connectivity index (χ3n) is 5.40. The first-order valence-corrected chi connectivity index (χ1v) is 9.58. The molecule has 2 N–H and O–H groups in total. The Labute approximate surface area is 176 Å². The Morgan fingerprint density at radius 2 is 1.29 bits per heavy atom. The van der Waals surface area contributed by atoms with Gasteiger partial charge in [0.25, 0.3) is 23.6 Å². The van der Waals surface area contributed by atoms with Crippen LogP contribution in [0.15, 0.2) is 36.5 Å². The molecule has 1 atom stereocenters. The van der Waals surface area contributed by atoms with Gasteiger partial charge >= 0.3 is 5.97 Å². The second kappa shape index (κ2) is 8.64. The van der Waals surface area contributed by atoms with Crippen LogP contribution in [0.5, 0.6) is 0 Å². The third-order valence-corrected chi connectivity index (χ3v) is 5.40. The van der Waals surface area contributed by atoms with Crippen molar-refractivity contribution < 1.29 is 39.0 Å². The summed E-state index contributed by atoms with van der Waals surface area (Å²) >= 11 is 0. The Hall–Kier alpha value is -3.60. The lowest BCUT2D eigenvalue weighted by Crippen LogP contribution is -2.55. The molecule has 0 aromatic carbocycles. The molecule has 3 aliphatic heterocycles. The van der Waals surface area contributed by atoms with Gasteiger partial charge in [-0.25, -0.2) is 0 Å². The van der Waals surface area contributed by atoms with Gasteiger partial charge in [0, 0.05) is 61.9 Å². The van der Waals surface area contributed by atoms with Crippen LogP contribution in [0, 0.1) is 5.41 Å². The highest BCUT2D eigenvalue weighted by molar-refractivity contribution is 6.13. The van der Waals surface area contributed by atoms with Gasteiger partial charge < -0.3 is 15.1 Å². The average molecular weight is 431 g/mol. The molecule has 5 amide bonds. The number of carbonyl (C=O) groups excluding carboxylic acids is 5. The Morgan fingerprint density at radius 1 is 0.806 bits per heavy atom. The van der Waals surface area contributed by atoms with Crippen molar-refractivity contribution in [2.75, 3.05) is 19.6 Å². The summed E-state index contributed by atoms with van der Waals surface area (Å²) in [4.78, 5) is 75.0. The van der Waals surface area contributed by atoms with Crippen molar-refractivity contribution in [2.24, 2.45) is 5.41 Å². The van der Waals surface area contributed by atoms with Gasteiger partial charge in [-0.3, -0.25) is 38.6 Å². The number of hydrogen-bond acceptors (Lipinski definition) is 7. The van der Waals surface area contributed by atoms with E-state index in [0.29, 0.717) is 0 Å². The number of hydrogen-bond donors (Lipinski definition) is 2. The molecule has 3 rings (SSSR count). The van der Waals surface area contributed by atoms with E-state index in [9.17, 15) is 33.9 Å². The van der Waals surface area contributed by atoms with Crippen molar-refractivity contribution in [3.05, 3.63) is 36.5 Å². The lowest BCUT2D eigenvalue weighted by Gasteiger charge is -2.42. The molecule has 0 aromatic rings. The summed E-state index contributed by atoms with van der Waals surface area (Å²) in [5.41, 5.74) is -1.26. The fourth-order valence-corrected chi connectivity index (χ4v) is 3.88. The highest BCUT2D eigenvalue weighted by atomic mass is 16.4. The summed E-state index contributed by atoms with van der Waals surface area (Å²) in [6, 6.07) is 0. The number of imide groups is 2. The third kappa shape index (κ3) is 4.77. The fraction of sp³-hybridized carbons (Fsp3) is 0.400. The van der Waals surface area contributed by atoms with Crippen molar-refractivity contribution in [1.29, 1.82) is 0 Å². The summed E-state index contributed by atoms with van der Waals surface area (Å²) in [6.45, 7) is -0.760. The zero-order chi connectivity index (χ0) is 22.8. The number of aliphatic carboxylic acids is 1. The molecule has 0 saturated carbocycles. The summed E-state index contributed by atoms with van der Waals surface area (Å²) < 4.78 is 0. The van der Waals surface area contributed by atoms with E-state index in [1.54, 1.807) is 0 Å². The molecular weight excluding hydrogens is 410 g/mol. The van der Waals surface area contributed by atoms with Crippen molar-refractivity contribution in [3.63, 3.8) is 0 Å². The largest absolute Gasteiger partial charge is 0.481 e. The summed E-state index contributed by atoms with van der Waals surface area (Å²) in [5, 5.41) is 19.2. The Kier molecular flexibility index (Phi) is 6.16. The van der Waals surface area contributed by atoms with E-state index in [1.807, 2.05) is 0 Å². The predicted molar refractivity (Wildman–Crippen MR) is 102 cm³/mol. The van der Waals surface area contributed by atoms with Crippen molar-refractivity contribution >= 4 is 35.5 Å². The maximum Gasteiger partial charge on any atom is 0.303 e. The molecule has 11 heteroatoms. The van der Waals surface area contributed by atoms with Crippen LogP contribution in [0.25, 0.3) is 0 Å². The second-order valence-corrected chi connectivity index (χ2v) is 7.68. The number of carboxylic acids is 1. The van der Waals surface area contributed by atoms with Crippen LogP contribution in [0.3, 0.4) is 0 Å². The molecule has 0 radical (unpaired) electrons. The van der Waals surface area contributed by atoms with Gasteiger partial charge in [0.05, 0.1) is 0 Å². The van der Waals surface area contributed by atoms with Crippen LogP contribution >= 0.6 is 0 Å². The van der Waals surface area contributed by atoms with Crippen LogP contribution in [0.4, 0.5) is 0 Å². The van der Waals surface area contributed by atoms with Crippen LogP contribution in [-0.4, -0.2) is 86.3 Å². The summed E-state index contributed by atoms with van der Waals surface area (Å²) in [5.74, 6) is -4.00. The monoisotopic (exact) mass is 431 g/mol. The fourth-order valence-electron chi connectivity index (χ4n) is 3.88. The quantitative estimate of drug-likeness (QED) is 0.409. The van der Waals surface area contributed by atoms with Gasteiger partial charge in [0.15, 0.2) is 0 Å². The van der Waals surface area contributed by atoms with Crippen LogP contribution < -0.4 is 0 Å². The van der Waals surface area contributed by atoms with Gasteiger partial charge in [0.2, 0.25) is 5.91 Å². The molecule has 0 saturated heterocycles. The van der Waals surface area contributed by atoms with Crippen molar-refractivity contribution in [1.82, 2.24) is 14.7 Å². The lowest BCUT2D eigenvalue weighted by molar-refractivity contribution is -0.145. The molecule has 1 unspecified atom stereocenters. The molecule has 0 fully saturated rings. The average Bonchev–Trinajstić information content (AvgIpc) is 3.31. The molecule has 0 bridgehead atoms. The molecule has 3 heterocycles. The van der Waals surface area contributed by atoms with Crippen molar-refractivity contribution in [3.8, 4) is 0 Å². The van der Waals surface area contributed by atoms with Crippen LogP contribution in [0.2, 0.25) is 0 Å². The van der Waals surface area contributed by atoms with E-state index >= 15 is 0 Å². The number of aliphatic hydroxyl groups is 1. The standard InChI is InChI=1S/C20H21N3O8/c24-13-3-4-14(25)21(13)10-20(9-1-2-19(30)31,11-22-15(26)5-6-16(22)27)12-23-17(28)7-8-18(23)29/h3-8,13,24H,1-2,9-12H2,(H,30,31). The number of amides is 5. The van der Waals surface area contributed by atoms with E-state index in [-0.39, 0.29) is 38.9 Å². The Balaban J connectivity index is 1.95. The summed E-state index contributed by atoms with van der Waals surface area (Å²) in [6.07, 6.45) is 5.38. The van der Waals surface area contributed by atoms with Gasteiger partial charge in [0.1, 0.15) is 6.23 Å². The molecule has 31 heavy (non-hydrogen) atoms. The van der Waals surface area contributed by atoms with Crippen LogP contribution in [-0.2, 0) is 28.8 Å². The van der Waals surface area contributed by atoms with E-state index < -0.39 is 47.1 Å². The maximum atomic E-state index is 12.2. The number of rotatable bonds is 10. The number of nitrogens with zero attached hydrogens (tertiary/aromatic N) is 3. The first kappa shape index (κ1) is 22.1. The minimum atomic E-state index is -1.27. The Morgan fingerprint density at radius 3 is 1.68 bits per heavy atom. The predicted octanol–water partition coefficient (Wildman–Crippen LogP) is -1.21. The molecule has 0 aliphatic carbocycles. The molecule has 0 spiro atoms. The lowest BCUT2D eigenvalue weighted by atomic mass is 9.80. The minimum Gasteiger partial charge on any atom is -0.481 e. The molecule has 0 aromatic heterocycles. The maximum absolute atomic E-state index is 12.2. The van der Waals surface area contributed by atoms with E-state index in [4.69, 9.17) is 5.11 Å². The Bertz CT molecular complexity index is 855. The second-order valence-electron chi connectivity index (χ2n) is 7.68. The molecule has 11 nitrogen and oxygen atoms in total. The highest BCUT2D eigenvalue weighted by Crippen LogP contribution is 2.33. The summed E-state index contributed by atoms with van der Waals surface area (Å²) in [7, 11) is 0. The van der Waals surface area contributed by atoms with Gasteiger partial charge in [-0.05, 0) is 18.9 Å². The zero-order valence-electron chi connectivity index (χ0n) is 16.5. The van der Waals surface area contributed by atoms with Gasteiger partial charge in [-0.15, -0.1) is 0 Å². The van der Waals surface area contributed by atoms with E-state index in [0.717, 1.165) is 45.1 Å². The highest BCUT2D eigenvalue weighted by Gasteiger charge is 2.44. The normalized spacial score (nSPS) is 20.9. The smallest absolute Gasteiger partial charge is 0.303 e. The van der Waals surface area contributed by atoms with E-state index in [2.05, 4.69) is 0 Å². The topological polar surface area (TPSA) is 153 Å². The van der Waals surface area contributed by atoms with Crippen molar-refractivity contribution in [2.45, 2.75) is 25.5 Å². The first-order valence-electron chi connectivity index (χ1n) is 9.58. The minimum absolute atomic E-state index is 0.0594. The van der Waals surface area contributed by atoms with Crippen LogP contribution in [0.1, 0.15) is 19.3 Å².